The van der Waals surface area contributed by atoms with Crippen LogP contribution in [0.15, 0.2) is 12.3 Å². The number of pyridine rings is 1. The second-order valence-corrected chi connectivity index (χ2v) is 4.98. The van der Waals surface area contributed by atoms with Gasteiger partial charge in [0.2, 0.25) is 0 Å². The first-order chi connectivity index (χ1) is 9.36. The van der Waals surface area contributed by atoms with Crippen molar-refractivity contribution in [3.05, 3.63) is 33.1 Å². The lowest BCUT2D eigenvalue weighted by atomic mass is 10.0. The summed E-state index contributed by atoms with van der Waals surface area (Å²) >= 11 is 5.79. The van der Waals surface area contributed by atoms with Crippen LogP contribution < -0.4 is 5.32 Å². The number of nitrogens with one attached hydrogen (secondary N) is 1. The van der Waals surface area contributed by atoms with E-state index in [1.807, 2.05) is 13.8 Å². The van der Waals surface area contributed by atoms with Gasteiger partial charge < -0.3 is 10.4 Å². The molecule has 1 heterocycles. The van der Waals surface area contributed by atoms with Crippen LogP contribution in [0, 0.1) is 16.0 Å². The van der Waals surface area contributed by atoms with E-state index < -0.39 is 10.8 Å². The van der Waals surface area contributed by atoms with E-state index in [4.69, 9.17) is 16.7 Å². The Labute approximate surface area is 121 Å². The van der Waals surface area contributed by atoms with Crippen molar-refractivity contribution in [2.45, 2.75) is 26.3 Å². The molecule has 8 heteroatoms. The minimum absolute atomic E-state index is 0.0514. The quantitative estimate of drug-likeness (QED) is 0.473. The smallest absolute Gasteiger partial charge is 0.288 e. The number of aliphatic hydroxyl groups is 1. The summed E-state index contributed by atoms with van der Waals surface area (Å²) in [6.45, 7) is 3.73. The molecular weight excluding hydrogens is 286 g/mol. The number of nitro groups is 1. The topological polar surface area (TPSA) is 105 Å². The van der Waals surface area contributed by atoms with E-state index in [1.54, 1.807) is 0 Å². The summed E-state index contributed by atoms with van der Waals surface area (Å²) in [5.41, 5.74) is -0.354. The lowest BCUT2D eigenvalue weighted by Gasteiger charge is -2.21. The summed E-state index contributed by atoms with van der Waals surface area (Å²) in [4.78, 5) is 25.8. The fraction of sp³-hybridized carbons (Fsp3) is 0.500. The molecule has 0 aliphatic heterocycles. The minimum Gasteiger partial charge on any atom is -0.396 e. The van der Waals surface area contributed by atoms with Gasteiger partial charge in [-0.2, -0.15) is 0 Å². The number of hydrogen-bond acceptors (Lipinski definition) is 5. The Morgan fingerprint density at radius 2 is 2.25 bits per heavy atom. The van der Waals surface area contributed by atoms with E-state index in [0.717, 1.165) is 12.3 Å². The van der Waals surface area contributed by atoms with Gasteiger partial charge in [0.25, 0.3) is 11.6 Å². The standard InChI is InChI=1S/C12H16ClN3O4/c1-7(2)10(3-4-17)15-12(18)9-5-8(16(19)20)6-14-11(9)13/h5-7,10,17H,3-4H2,1-2H3,(H,15,18). The Kier molecular flexibility index (Phi) is 5.84. The zero-order valence-electron chi connectivity index (χ0n) is 11.2. The zero-order chi connectivity index (χ0) is 15.3. The molecule has 2 N–H and O–H groups in total. The van der Waals surface area contributed by atoms with Gasteiger partial charge in [0.15, 0.2) is 0 Å². The molecule has 110 valence electrons. The molecule has 1 unspecified atom stereocenters. The number of nitrogens with zero attached hydrogens (tertiary/aromatic N) is 2. The Hall–Kier alpha value is -1.73. The first-order valence-electron chi connectivity index (χ1n) is 6.08. The zero-order valence-corrected chi connectivity index (χ0v) is 11.9. The van der Waals surface area contributed by atoms with E-state index in [9.17, 15) is 14.9 Å². The predicted octanol–water partition coefficient (Wildman–Crippen LogP) is 1.78. The Morgan fingerprint density at radius 3 is 2.75 bits per heavy atom. The summed E-state index contributed by atoms with van der Waals surface area (Å²) in [6, 6.07) is 0.837. The maximum Gasteiger partial charge on any atom is 0.288 e. The Morgan fingerprint density at radius 1 is 1.60 bits per heavy atom. The highest BCUT2D eigenvalue weighted by atomic mass is 35.5. The average molecular weight is 302 g/mol. The van der Waals surface area contributed by atoms with Gasteiger partial charge in [0.1, 0.15) is 11.3 Å². The predicted molar refractivity (Wildman–Crippen MR) is 73.7 cm³/mol. The molecule has 0 aromatic carbocycles. The van der Waals surface area contributed by atoms with Gasteiger partial charge in [-0.05, 0) is 12.3 Å². The second kappa shape index (κ2) is 7.16. The van der Waals surface area contributed by atoms with Gasteiger partial charge in [-0.15, -0.1) is 0 Å². The third kappa shape index (κ3) is 4.14. The first kappa shape index (κ1) is 16.3. The van der Waals surface area contributed by atoms with Crippen molar-refractivity contribution < 1.29 is 14.8 Å². The summed E-state index contributed by atoms with van der Waals surface area (Å²) < 4.78 is 0. The maximum absolute atomic E-state index is 12.1. The lowest BCUT2D eigenvalue weighted by Crippen LogP contribution is -2.39. The fourth-order valence-corrected chi connectivity index (χ4v) is 1.84. The fourth-order valence-electron chi connectivity index (χ4n) is 1.65. The van der Waals surface area contributed by atoms with Gasteiger partial charge in [-0.25, -0.2) is 4.98 Å². The highest BCUT2D eigenvalue weighted by molar-refractivity contribution is 6.32. The SMILES string of the molecule is CC(C)C(CCO)NC(=O)c1cc([N+](=O)[O-])cnc1Cl. The number of aliphatic hydroxyl groups excluding tert-OH is 1. The molecule has 7 nitrogen and oxygen atoms in total. The molecule has 0 saturated heterocycles. The third-order valence-corrected chi connectivity index (χ3v) is 3.14. The van der Waals surface area contributed by atoms with Crippen molar-refractivity contribution in [2.24, 2.45) is 5.92 Å². The maximum atomic E-state index is 12.1. The largest absolute Gasteiger partial charge is 0.396 e. The van der Waals surface area contributed by atoms with Gasteiger partial charge in [-0.1, -0.05) is 25.4 Å². The normalized spacial score (nSPS) is 12.2. The number of amides is 1. The molecular formula is C12H16ClN3O4. The number of carbonyl (C=O) groups excluding carboxylic acids is 1. The molecule has 0 aliphatic carbocycles. The molecule has 0 saturated carbocycles. The number of aromatic nitrogens is 1. The van der Waals surface area contributed by atoms with Crippen LogP contribution in [0.4, 0.5) is 5.69 Å². The van der Waals surface area contributed by atoms with E-state index in [1.165, 1.54) is 0 Å². The van der Waals surface area contributed by atoms with Gasteiger partial charge >= 0.3 is 0 Å². The van der Waals surface area contributed by atoms with Crippen LogP contribution >= 0.6 is 11.6 Å². The molecule has 1 atom stereocenters. The number of carbonyl (C=O) groups is 1. The monoisotopic (exact) mass is 301 g/mol. The van der Waals surface area contributed by atoms with Crippen LogP contribution in [0.1, 0.15) is 30.6 Å². The Bertz CT molecular complexity index is 507. The van der Waals surface area contributed by atoms with Gasteiger partial charge in [-0.3, -0.25) is 14.9 Å². The third-order valence-electron chi connectivity index (χ3n) is 2.84. The number of rotatable bonds is 6. The molecule has 0 radical (unpaired) electrons. The molecule has 0 bridgehead atoms. The van der Waals surface area contributed by atoms with E-state index in [0.29, 0.717) is 6.42 Å². The summed E-state index contributed by atoms with van der Waals surface area (Å²) in [5.74, 6) is -0.435. The molecule has 1 rings (SSSR count). The van der Waals surface area contributed by atoms with E-state index in [2.05, 4.69) is 10.3 Å². The van der Waals surface area contributed by atoms with E-state index in [-0.39, 0.29) is 35.0 Å². The molecule has 0 fully saturated rings. The lowest BCUT2D eigenvalue weighted by molar-refractivity contribution is -0.385. The first-order valence-corrected chi connectivity index (χ1v) is 6.46. The van der Waals surface area contributed by atoms with Gasteiger partial charge in [0.05, 0.1) is 10.5 Å². The summed E-state index contributed by atoms with van der Waals surface area (Å²) in [6.07, 6.45) is 1.39. The van der Waals surface area contributed by atoms with E-state index >= 15 is 0 Å². The molecule has 1 amide bonds. The van der Waals surface area contributed by atoms with Crippen molar-refractivity contribution in [1.29, 1.82) is 0 Å². The van der Waals surface area contributed by atoms with Crippen molar-refractivity contribution in [2.75, 3.05) is 6.61 Å². The molecule has 0 aliphatic rings. The minimum atomic E-state index is -0.645. The molecule has 0 spiro atoms. The van der Waals surface area contributed by atoms with Crippen LogP contribution in [-0.4, -0.2) is 33.6 Å². The van der Waals surface area contributed by atoms with Crippen LogP contribution in [0.3, 0.4) is 0 Å². The van der Waals surface area contributed by atoms with Crippen LogP contribution in [0.2, 0.25) is 5.15 Å². The summed E-state index contributed by atoms with van der Waals surface area (Å²) in [5, 5.41) is 22.2. The van der Waals surface area contributed by atoms with Gasteiger partial charge in [0, 0.05) is 18.7 Å². The van der Waals surface area contributed by atoms with Crippen molar-refractivity contribution >= 4 is 23.2 Å². The number of hydrogen-bond donors (Lipinski definition) is 2. The highest BCUT2D eigenvalue weighted by Crippen LogP contribution is 2.19. The van der Waals surface area contributed by atoms with Crippen LogP contribution in [0.5, 0.6) is 0 Å². The second-order valence-electron chi connectivity index (χ2n) is 4.63. The highest BCUT2D eigenvalue weighted by Gasteiger charge is 2.21. The summed E-state index contributed by atoms with van der Waals surface area (Å²) in [7, 11) is 0. The Balaban J connectivity index is 2.96. The van der Waals surface area contributed by atoms with Crippen LogP contribution in [0.25, 0.3) is 0 Å². The van der Waals surface area contributed by atoms with Crippen molar-refractivity contribution in [1.82, 2.24) is 10.3 Å². The number of halogens is 1. The van der Waals surface area contributed by atoms with Crippen LogP contribution in [-0.2, 0) is 0 Å². The average Bonchev–Trinajstić information content (AvgIpc) is 2.38. The van der Waals surface area contributed by atoms with Crippen molar-refractivity contribution in [3.8, 4) is 0 Å². The molecule has 20 heavy (non-hydrogen) atoms. The van der Waals surface area contributed by atoms with Crippen molar-refractivity contribution in [3.63, 3.8) is 0 Å². The molecule has 1 aromatic rings. The molecule has 1 aromatic heterocycles.